The first kappa shape index (κ1) is 22.4. The highest BCUT2D eigenvalue weighted by molar-refractivity contribution is 8.01. The molecule has 0 saturated heterocycles. The van der Waals surface area contributed by atoms with Crippen LogP contribution in [-0.4, -0.2) is 57.5 Å². The van der Waals surface area contributed by atoms with Crippen LogP contribution in [0.4, 0.5) is 9.93 Å². The average molecular weight is 442 g/mol. The number of carbonyl (C=O) groups excluding carboxylic acids is 1. The third-order valence-corrected chi connectivity index (χ3v) is 7.77. The molecule has 3 rings (SSSR count). The molecule has 1 heterocycles. The van der Waals surface area contributed by atoms with Crippen molar-refractivity contribution in [3.63, 3.8) is 0 Å². The van der Waals surface area contributed by atoms with E-state index in [2.05, 4.69) is 15.2 Å². The number of carboxylic acids is 1. The number of nitrogens with one attached hydrogen (secondary N) is 1. The van der Waals surface area contributed by atoms with Crippen molar-refractivity contribution in [2.75, 3.05) is 17.7 Å². The van der Waals surface area contributed by atoms with Gasteiger partial charge in [0.1, 0.15) is 0 Å². The van der Waals surface area contributed by atoms with Crippen molar-refractivity contribution >= 4 is 40.2 Å². The van der Waals surface area contributed by atoms with E-state index in [4.69, 9.17) is 9.84 Å². The second-order valence-corrected chi connectivity index (χ2v) is 9.99. The summed E-state index contributed by atoms with van der Waals surface area (Å²) < 4.78 is 6.58. The molecule has 1 aromatic rings. The lowest BCUT2D eigenvalue weighted by Gasteiger charge is -2.42. The number of thiazole rings is 1. The summed E-state index contributed by atoms with van der Waals surface area (Å²) in [6.07, 6.45) is 11.6. The topological polar surface area (TPSA) is 91.8 Å². The van der Waals surface area contributed by atoms with Crippen LogP contribution in [0.3, 0.4) is 0 Å². The van der Waals surface area contributed by atoms with E-state index in [9.17, 15) is 9.59 Å². The number of carboxylic acid groups (broad SMARTS) is 1. The van der Waals surface area contributed by atoms with Gasteiger partial charge >= 0.3 is 12.0 Å². The maximum Gasteiger partial charge on any atom is 0.324 e. The molecule has 0 atom stereocenters. The van der Waals surface area contributed by atoms with E-state index in [1.165, 1.54) is 42.4 Å². The Hall–Kier alpha value is -1.32. The summed E-state index contributed by atoms with van der Waals surface area (Å²) in [5.74, 6) is -0.868. The van der Waals surface area contributed by atoms with Gasteiger partial charge in [0.15, 0.2) is 5.13 Å². The zero-order valence-electron chi connectivity index (χ0n) is 17.0. The molecule has 9 heteroatoms. The van der Waals surface area contributed by atoms with Gasteiger partial charge in [-0.05, 0) is 45.4 Å². The molecule has 29 heavy (non-hydrogen) atoms. The van der Waals surface area contributed by atoms with E-state index in [0.29, 0.717) is 17.3 Å². The fourth-order valence-electron chi connectivity index (χ4n) is 4.39. The number of anilines is 1. The lowest BCUT2D eigenvalue weighted by molar-refractivity contribution is -0.133. The van der Waals surface area contributed by atoms with Gasteiger partial charge in [0.25, 0.3) is 0 Å². The third kappa shape index (κ3) is 6.58. The van der Waals surface area contributed by atoms with Gasteiger partial charge in [-0.3, -0.25) is 10.1 Å². The van der Waals surface area contributed by atoms with E-state index >= 15 is 0 Å². The van der Waals surface area contributed by atoms with E-state index in [-0.39, 0.29) is 17.8 Å². The summed E-state index contributed by atoms with van der Waals surface area (Å²) in [6, 6.07) is 0.467. The van der Waals surface area contributed by atoms with Gasteiger partial charge in [-0.15, -0.1) is 11.8 Å². The molecule has 0 aromatic carbocycles. The summed E-state index contributed by atoms with van der Waals surface area (Å²) in [5.41, 5.74) is 0. The number of urea groups is 1. The number of amides is 2. The van der Waals surface area contributed by atoms with Crippen molar-refractivity contribution < 1.29 is 19.4 Å². The second-order valence-electron chi connectivity index (χ2n) is 7.68. The van der Waals surface area contributed by atoms with E-state index in [1.807, 2.05) is 6.92 Å². The predicted octanol–water partition coefficient (Wildman–Crippen LogP) is 4.83. The summed E-state index contributed by atoms with van der Waals surface area (Å²) in [6.45, 7) is 2.78. The molecule has 1 aromatic heterocycles. The van der Waals surface area contributed by atoms with Crippen LogP contribution in [0.1, 0.15) is 64.7 Å². The van der Waals surface area contributed by atoms with Gasteiger partial charge in [-0.2, -0.15) is 0 Å². The van der Waals surface area contributed by atoms with Crippen LogP contribution in [0.25, 0.3) is 0 Å². The van der Waals surface area contributed by atoms with Crippen LogP contribution in [-0.2, 0) is 9.53 Å². The van der Waals surface area contributed by atoms with Crippen molar-refractivity contribution in [1.82, 2.24) is 9.88 Å². The van der Waals surface area contributed by atoms with Crippen molar-refractivity contribution in [3.8, 4) is 0 Å². The molecule has 2 aliphatic rings. The molecule has 0 aliphatic heterocycles. The third-order valence-electron chi connectivity index (χ3n) is 5.68. The average Bonchev–Trinajstić information content (AvgIpc) is 3.16. The maximum absolute atomic E-state index is 13.2. The Bertz CT molecular complexity index is 670. The molecule has 7 nitrogen and oxygen atoms in total. The lowest BCUT2D eigenvalue weighted by Crippen LogP contribution is -2.51. The number of aliphatic carboxylic acids is 1. The number of thioether (sulfide) groups is 1. The molecule has 0 bridgehead atoms. The first-order chi connectivity index (χ1) is 14.1. The monoisotopic (exact) mass is 441 g/mol. The Balaban J connectivity index is 1.64. The summed E-state index contributed by atoms with van der Waals surface area (Å²) in [7, 11) is 0. The SMILES string of the molecule is CCOC1CCC(N(C(=O)Nc2ncc(SCC(=O)O)s2)C2CCCCC2)CC1. The van der Waals surface area contributed by atoms with Gasteiger partial charge in [0.05, 0.1) is 22.3 Å². The van der Waals surface area contributed by atoms with Crippen LogP contribution in [0.2, 0.25) is 0 Å². The minimum absolute atomic E-state index is 0.00709. The van der Waals surface area contributed by atoms with Gasteiger partial charge in [-0.25, -0.2) is 9.78 Å². The number of carbonyl (C=O) groups is 2. The summed E-state index contributed by atoms with van der Waals surface area (Å²) >= 11 is 2.55. The Morgan fingerprint density at radius 3 is 2.55 bits per heavy atom. The second kappa shape index (κ2) is 11.2. The molecule has 2 saturated carbocycles. The zero-order chi connectivity index (χ0) is 20.6. The van der Waals surface area contributed by atoms with E-state index < -0.39 is 5.97 Å². The number of hydrogen-bond acceptors (Lipinski definition) is 6. The van der Waals surface area contributed by atoms with Crippen molar-refractivity contribution in [3.05, 3.63) is 6.20 Å². The van der Waals surface area contributed by atoms with Crippen LogP contribution in [0.15, 0.2) is 10.4 Å². The van der Waals surface area contributed by atoms with Crippen LogP contribution >= 0.6 is 23.1 Å². The minimum Gasteiger partial charge on any atom is -0.481 e. The molecule has 0 unspecified atom stereocenters. The molecule has 0 spiro atoms. The highest BCUT2D eigenvalue weighted by Crippen LogP contribution is 2.33. The molecule has 2 amide bonds. The Labute approximate surface area is 180 Å². The number of ether oxygens (including phenoxy) is 1. The Morgan fingerprint density at radius 2 is 1.90 bits per heavy atom. The van der Waals surface area contributed by atoms with Gasteiger partial charge < -0.3 is 14.7 Å². The first-order valence-corrected chi connectivity index (χ1v) is 12.4. The van der Waals surface area contributed by atoms with Crippen molar-refractivity contribution in [2.45, 2.75) is 87.1 Å². The number of nitrogens with zero attached hydrogens (tertiary/aromatic N) is 2. The maximum atomic E-state index is 13.2. The standard InChI is InChI=1S/C20H31N3O4S2/c1-2-27-16-10-8-15(9-11-16)23(14-6-4-3-5-7-14)20(26)22-19-21-12-18(29-19)28-13-17(24)25/h12,14-16H,2-11,13H2,1H3,(H,24,25)(H,21,22,26). The summed E-state index contributed by atoms with van der Waals surface area (Å²) in [5, 5.41) is 12.3. The number of aromatic nitrogens is 1. The zero-order valence-corrected chi connectivity index (χ0v) is 18.6. The minimum atomic E-state index is -0.861. The number of rotatable bonds is 8. The van der Waals surface area contributed by atoms with Crippen LogP contribution in [0, 0.1) is 0 Å². The molecule has 2 N–H and O–H groups in total. The molecule has 2 aliphatic carbocycles. The fraction of sp³-hybridized carbons (Fsp3) is 0.750. The molecule has 0 radical (unpaired) electrons. The number of hydrogen-bond donors (Lipinski definition) is 2. The largest absolute Gasteiger partial charge is 0.481 e. The van der Waals surface area contributed by atoms with Crippen molar-refractivity contribution in [1.29, 1.82) is 0 Å². The predicted molar refractivity (Wildman–Crippen MR) is 116 cm³/mol. The molecular weight excluding hydrogens is 410 g/mol. The van der Waals surface area contributed by atoms with Gasteiger partial charge in [0, 0.05) is 18.7 Å². The quantitative estimate of drug-likeness (QED) is 0.561. The normalized spacial score (nSPS) is 22.9. The van der Waals surface area contributed by atoms with Gasteiger partial charge in [0.2, 0.25) is 0 Å². The van der Waals surface area contributed by atoms with Crippen LogP contribution in [0.5, 0.6) is 0 Å². The van der Waals surface area contributed by atoms with Crippen LogP contribution < -0.4 is 5.32 Å². The lowest BCUT2D eigenvalue weighted by atomic mass is 9.88. The van der Waals surface area contributed by atoms with Crippen molar-refractivity contribution in [2.24, 2.45) is 0 Å². The Kier molecular flexibility index (Phi) is 8.62. The smallest absolute Gasteiger partial charge is 0.324 e. The highest BCUT2D eigenvalue weighted by Gasteiger charge is 2.34. The van der Waals surface area contributed by atoms with Gasteiger partial charge in [-0.1, -0.05) is 30.6 Å². The summed E-state index contributed by atoms with van der Waals surface area (Å²) in [4.78, 5) is 30.3. The Morgan fingerprint density at radius 1 is 1.21 bits per heavy atom. The molecule has 2 fully saturated rings. The van der Waals surface area contributed by atoms with E-state index in [0.717, 1.165) is 49.3 Å². The molecule has 162 valence electrons. The van der Waals surface area contributed by atoms with E-state index in [1.54, 1.807) is 6.20 Å². The fourth-order valence-corrected chi connectivity index (χ4v) is 5.97. The first-order valence-electron chi connectivity index (χ1n) is 10.6. The molecular formula is C20H31N3O4S2. The highest BCUT2D eigenvalue weighted by atomic mass is 32.2.